The molecular weight excluding hydrogens is 144 g/mol. The largest absolute Gasteiger partial charge is 0.396 e. The lowest BCUT2D eigenvalue weighted by molar-refractivity contribution is 0.282. The minimum absolute atomic E-state index is 0.364. The monoisotopic (exact) mass is 162 g/mol. The Labute approximate surface area is 68.2 Å². The second kappa shape index (κ2) is 9.31. The van der Waals surface area contributed by atoms with Gasteiger partial charge in [-0.3, -0.25) is 0 Å². The van der Waals surface area contributed by atoms with Gasteiger partial charge in [0.2, 0.25) is 0 Å². The molecule has 0 bridgehead atoms. The predicted molar refractivity (Wildman–Crippen MR) is 48.6 cm³/mol. The van der Waals surface area contributed by atoms with Crippen LogP contribution in [0.4, 0.5) is 0 Å². The van der Waals surface area contributed by atoms with Gasteiger partial charge in [-0.15, -0.1) is 0 Å². The summed E-state index contributed by atoms with van der Waals surface area (Å²) in [6.45, 7) is 0.364. The third kappa shape index (κ3) is 8.31. The molecule has 2 heteroatoms. The summed E-state index contributed by atoms with van der Waals surface area (Å²) in [4.78, 5) is 0. The lowest BCUT2D eigenvalue weighted by atomic mass is 10.2. The van der Waals surface area contributed by atoms with Gasteiger partial charge in [-0.1, -0.05) is 19.3 Å². The molecule has 0 fully saturated rings. The first-order valence-electron chi connectivity index (χ1n) is 4.01. The number of aliphatic hydroxyl groups is 1. The van der Waals surface area contributed by atoms with Gasteiger partial charge in [0.15, 0.2) is 0 Å². The molecule has 0 aliphatic heterocycles. The van der Waals surface area contributed by atoms with Gasteiger partial charge >= 0.3 is 0 Å². The summed E-state index contributed by atoms with van der Waals surface area (Å²) in [7, 11) is 0. The van der Waals surface area contributed by atoms with Crippen molar-refractivity contribution < 1.29 is 5.11 Å². The van der Waals surface area contributed by atoms with Gasteiger partial charge in [0, 0.05) is 6.61 Å². The number of aliphatic hydroxyl groups excluding tert-OH is 1. The van der Waals surface area contributed by atoms with Crippen LogP contribution in [0.2, 0.25) is 0 Å². The summed E-state index contributed by atoms with van der Waals surface area (Å²) in [5.74, 6) is 1.29. The van der Waals surface area contributed by atoms with Crippen LogP contribution in [0.3, 0.4) is 0 Å². The summed E-state index contributed by atoms with van der Waals surface area (Å²) >= 11 is 1.92. The Kier molecular flexibility index (Phi) is 9.60. The predicted octanol–water partition coefficient (Wildman–Crippen LogP) is 2.29. The normalized spacial score (nSPS) is 10.2. The van der Waals surface area contributed by atoms with Crippen molar-refractivity contribution in [3.8, 4) is 0 Å². The van der Waals surface area contributed by atoms with Gasteiger partial charge in [0.1, 0.15) is 0 Å². The third-order valence-corrected chi connectivity index (χ3v) is 2.20. The van der Waals surface area contributed by atoms with Crippen molar-refractivity contribution in [1.29, 1.82) is 0 Å². The molecule has 0 unspecified atom stereocenters. The van der Waals surface area contributed by atoms with Gasteiger partial charge in [-0.2, -0.15) is 11.8 Å². The van der Waals surface area contributed by atoms with E-state index in [1.54, 1.807) is 0 Å². The van der Waals surface area contributed by atoms with Crippen molar-refractivity contribution in [3.63, 3.8) is 0 Å². The van der Waals surface area contributed by atoms with E-state index in [9.17, 15) is 0 Å². The first kappa shape index (κ1) is 10.3. The van der Waals surface area contributed by atoms with Crippen molar-refractivity contribution in [1.82, 2.24) is 0 Å². The topological polar surface area (TPSA) is 20.2 Å². The maximum Gasteiger partial charge on any atom is 0.0431 e. The van der Waals surface area contributed by atoms with Crippen LogP contribution in [0, 0.1) is 0 Å². The van der Waals surface area contributed by atoms with E-state index < -0.39 is 0 Å². The molecule has 62 valence electrons. The molecule has 10 heavy (non-hydrogen) atoms. The quantitative estimate of drug-likeness (QED) is 0.580. The molecule has 1 N–H and O–H groups in total. The van der Waals surface area contributed by atoms with E-state index in [1.807, 2.05) is 11.8 Å². The fourth-order valence-corrected chi connectivity index (χ4v) is 1.38. The number of hydrogen-bond donors (Lipinski definition) is 1. The lowest BCUT2D eigenvalue weighted by Crippen LogP contribution is -1.84. The summed E-state index contributed by atoms with van der Waals surface area (Å²) in [5, 5.41) is 8.46. The van der Waals surface area contributed by atoms with Crippen molar-refractivity contribution in [2.45, 2.75) is 32.1 Å². The summed E-state index contributed by atoms with van der Waals surface area (Å²) < 4.78 is 0. The van der Waals surface area contributed by atoms with E-state index in [0.717, 1.165) is 6.42 Å². The van der Waals surface area contributed by atoms with Crippen molar-refractivity contribution >= 4 is 11.8 Å². The molecule has 0 radical (unpaired) electrons. The first-order chi connectivity index (χ1) is 4.91. The van der Waals surface area contributed by atoms with Crippen LogP contribution in [0.1, 0.15) is 32.1 Å². The van der Waals surface area contributed by atoms with Gasteiger partial charge in [0.25, 0.3) is 0 Å². The Hall–Kier alpha value is 0.310. The molecule has 0 aromatic carbocycles. The highest BCUT2D eigenvalue weighted by molar-refractivity contribution is 7.98. The minimum Gasteiger partial charge on any atom is -0.396 e. The maximum absolute atomic E-state index is 8.46. The average molecular weight is 162 g/mol. The molecule has 0 heterocycles. The average Bonchev–Trinajstić information content (AvgIpc) is 1.97. The van der Waals surface area contributed by atoms with Gasteiger partial charge in [-0.25, -0.2) is 0 Å². The first-order valence-corrected chi connectivity index (χ1v) is 5.41. The van der Waals surface area contributed by atoms with Crippen LogP contribution in [-0.2, 0) is 0 Å². The molecule has 0 aliphatic carbocycles. The second-order valence-corrected chi connectivity index (χ2v) is 3.47. The lowest BCUT2D eigenvalue weighted by Gasteiger charge is -1.97. The molecule has 0 rings (SSSR count). The Balaban J connectivity index is 2.65. The summed E-state index contributed by atoms with van der Waals surface area (Å²) in [5.41, 5.74) is 0. The van der Waals surface area contributed by atoms with Crippen molar-refractivity contribution in [3.05, 3.63) is 0 Å². The molecule has 0 spiro atoms. The molecule has 0 aromatic heterocycles. The van der Waals surface area contributed by atoms with Gasteiger partial charge in [0.05, 0.1) is 0 Å². The molecule has 0 atom stereocenters. The second-order valence-electron chi connectivity index (χ2n) is 2.48. The van der Waals surface area contributed by atoms with E-state index in [-0.39, 0.29) is 0 Å². The van der Waals surface area contributed by atoms with Crippen molar-refractivity contribution in [2.75, 3.05) is 18.6 Å². The SMILES string of the molecule is CSCCCCCCCO. The molecular formula is C8H18OS. The highest BCUT2D eigenvalue weighted by Gasteiger charge is 1.88. The number of rotatable bonds is 7. The zero-order valence-corrected chi connectivity index (χ0v) is 7.62. The number of hydrogen-bond acceptors (Lipinski definition) is 2. The Morgan fingerprint density at radius 1 is 1.00 bits per heavy atom. The van der Waals surface area contributed by atoms with Crippen LogP contribution in [-0.4, -0.2) is 23.7 Å². The fraction of sp³-hybridized carbons (Fsp3) is 1.00. The van der Waals surface area contributed by atoms with Crippen LogP contribution in [0.15, 0.2) is 0 Å². The van der Waals surface area contributed by atoms with E-state index in [4.69, 9.17) is 5.11 Å². The van der Waals surface area contributed by atoms with E-state index in [0.29, 0.717) is 6.61 Å². The molecule has 0 saturated carbocycles. The molecule has 1 nitrogen and oxygen atoms in total. The molecule has 0 aromatic rings. The highest BCUT2D eigenvalue weighted by Crippen LogP contribution is 2.05. The minimum atomic E-state index is 0.364. The highest BCUT2D eigenvalue weighted by atomic mass is 32.2. The molecule has 0 saturated heterocycles. The standard InChI is InChI=1S/C8H18OS/c1-10-8-6-4-2-3-5-7-9/h9H,2-8H2,1H3. The Bertz CT molecular complexity index is 49.2. The number of thioether (sulfide) groups is 1. The van der Waals surface area contributed by atoms with Crippen molar-refractivity contribution in [2.24, 2.45) is 0 Å². The van der Waals surface area contributed by atoms with Crippen LogP contribution in [0.25, 0.3) is 0 Å². The fourth-order valence-electron chi connectivity index (χ4n) is 0.889. The summed E-state index contributed by atoms with van der Waals surface area (Å²) in [6.07, 6.45) is 8.30. The Morgan fingerprint density at radius 3 is 2.20 bits per heavy atom. The molecule has 0 aliphatic rings. The maximum atomic E-state index is 8.46. The smallest absolute Gasteiger partial charge is 0.0431 e. The molecule has 0 amide bonds. The van der Waals surface area contributed by atoms with E-state index in [2.05, 4.69) is 6.26 Å². The number of unbranched alkanes of at least 4 members (excludes halogenated alkanes) is 4. The zero-order valence-electron chi connectivity index (χ0n) is 6.81. The van der Waals surface area contributed by atoms with Crippen LogP contribution < -0.4 is 0 Å². The van der Waals surface area contributed by atoms with Crippen LogP contribution in [0.5, 0.6) is 0 Å². The zero-order chi connectivity index (χ0) is 7.66. The van der Waals surface area contributed by atoms with Gasteiger partial charge < -0.3 is 5.11 Å². The van der Waals surface area contributed by atoms with Crippen LogP contribution >= 0.6 is 11.8 Å². The Morgan fingerprint density at radius 2 is 1.60 bits per heavy atom. The van der Waals surface area contributed by atoms with E-state index in [1.165, 1.54) is 31.4 Å². The van der Waals surface area contributed by atoms with E-state index >= 15 is 0 Å². The third-order valence-electron chi connectivity index (χ3n) is 1.51. The summed E-state index contributed by atoms with van der Waals surface area (Å²) in [6, 6.07) is 0. The van der Waals surface area contributed by atoms with Gasteiger partial charge in [-0.05, 0) is 24.9 Å².